The monoisotopic (exact) mass is 384 g/mol. The van der Waals surface area contributed by atoms with Crippen molar-refractivity contribution in [3.05, 3.63) is 95.2 Å². The predicted octanol–water partition coefficient (Wildman–Crippen LogP) is 4.83. The highest BCUT2D eigenvalue weighted by molar-refractivity contribution is 6.04. The Morgan fingerprint density at radius 3 is 2.48 bits per heavy atom. The first-order chi connectivity index (χ1) is 14.2. The minimum atomic E-state index is -0.131. The van der Waals surface area contributed by atoms with Crippen molar-refractivity contribution in [2.24, 2.45) is 0 Å². The van der Waals surface area contributed by atoms with Crippen molar-refractivity contribution >= 4 is 17.2 Å². The fourth-order valence-corrected chi connectivity index (χ4v) is 3.53. The summed E-state index contributed by atoms with van der Waals surface area (Å²) >= 11 is 0. The summed E-state index contributed by atoms with van der Waals surface area (Å²) < 4.78 is 1.90. The van der Waals surface area contributed by atoms with E-state index in [0.29, 0.717) is 5.69 Å². The van der Waals surface area contributed by atoms with Crippen LogP contribution in [-0.2, 0) is 12.8 Å². The van der Waals surface area contributed by atoms with Gasteiger partial charge in [-0.05, 0) is 66.8 Å². The van der Waals surface area contributed by atoms with Gasteiger partial charge in [0.15, 0.2) is 0 Å². The molecule has 0 fully saturated rings. The summed E-state index contributed by atoms with van der Waals surface area (Å²) in [7, 11) is 0. The third-order valence-corrected chi connectivity index (χ3v) is 4.99. The van der Waals surface area contributed by atoms with Gasteiger partial charge in [0.05, 0.1) is 5.69 Å². The number of anilines is 1. The molecule has 5 heteroatoms. The number of fused-ring (bicyclic) bond motifs is 1. The van der Waals surface area contributed by atoms with E-state index in [4.69, 9.17) is 4.98 Å². The molecule has 146 valence electrons. The fraction of sp³-hybridized carbons (Fsp3) is 0.208. The third-order valence-electron chi connectivity index (χ3n) is 4.99. The van der Waals surface area contributed by atoms with Gasteiger partial charge in [0.1, 0.15) is 11.3 Å². The second kappa shape index (κ2) is 8.27. The van der Waals surface area contributed by atoms with E-state index in [9.17, 15) is 4.79 Å². The topological polar surface area (TPSA) is 59.3 Å². The van der Waals surface area contributed by atoms with E-state index in [1.165, 1.54) is 11.1 Å². The lowest BCUT2D eigenvalue weighted by Crippen LogP contribution is -2.16. The Morgan fingerprint density at radius 2 is 1.76 bits per heavy atom. The molecule has 0 bridgehead atoms. The van der Waals surface area contributed by atoms with Crippen LogP contribution in [0.2, 0.25) is 0 Å². The maximum atomic E-state index is 13.1. The highest BCUT2D eigenvalue weighted by Gasteiger charge is 2.19. The Labute approximate surface area is 170 Å². The van der Waals surface area contributed by atoms with Crippen LogP contribution in [-0.4, -0.2) is 20.3 Å². The van der Waals surface area contributed by atoms with Crippen molar-refractivity contribution in [1.29, 1.82) is 0 Å². The van der Waals surface area contributed by atoms with Gasteiger partial charge in [-0.15, -0.1) is 0 Å². The molecule has 0 aliphatic rings. The summed E-state index contributed by atoms with van der Waals surface area (Å²) in [5, 5.41) is 3.04. The van der Waals surface area contributed by atoms with Crippen molar-refractivity contribution in [2.45, 2.75) is 33.1 Å². The predicted molar refractivity (Wildman–Crippen MR) is 115 cm³/mol. The SMILES string of the molecule is CCCc1nc2c(C)cccn2c1C(=O)Nc1ccc(Cc2ccncc2)cc1. The smallest absolute Gasteiger partial charge is 0.274 e. The molecule has 0 saturated heterocycles. The molecule has 0 aliphatic heterocycles. The number of nitrogens with zero attached hydrogens (tertiary/aromatic N) is 3. The largest absolute Gasteiger partial charge is 0.321 e. The summed E-state index contributed by atoms with van der Waals surface area (Å²) in [5.41, 5.74) is 6.53. The number of carbonyl (C=O) groups is 1. The molecule has 0 unspecified atom stereocenters. The highest BCUT2D eigenvalue weighted by atomic mass is 16.2. The van der Waals surface area contributed by atoms with Crippen LogP contribution in [0.15, 0.2) is 67.1 Å². The van der Waals surface area contributed by atoms with E-state index in [-0.39, 0.29) is 5.91 Å². The number of nitrogens with one attached hydrogen (secondary N) is 1. The van der Waals surface area contributed by atoms with E-state index in [2.05, 4.69) is 17.2 Å². The molecule has 29 heavy (non-hydrogen) atoms. The number of amides is 1. The molecule has 1 N–H and O–H groups in total. The summed E-state index contributed by atoms with van der Waals surface area (Å²) in [6.07, 6.45) is 8.05. The van der Waals surface area contributed by atoms with Crippen LogP contribution >= 0.6 is 0 Å². The number of carbonyl (C=O) groups excluding carboxylic acids is 1. The number of aromatic nitrogens is 3. The van der Waals surface area contributed by atoms with Gasteiger partial charge in [0.25, 0.3) is 5.91 Å². The van der Waals surface area contributed by atoms with Gasteiger partial charge < -0.3 is 5.32 Å². The molecule has 5 nitrogen and oxygen atoms in total. The molecule has 3 heterocycles. The van der Waals surface area contributed by atoms with Crippen LogP contribution in [0.25, 0.3) is 5.65 Å². The van der Waals surface area contributed by atoms with Crippen LogP contribution in [0.5, 0.6) is 0 Å². The molecule has 0 saturated carbocycles. The van der Waals surface area contributed by atoms with Gasteiger partial charge in [-0.3, -0.25) is 14.2 Å². The second-order valence-electron chi connectivity index (χ2n) is 7.23. The molecule has 0 radical (unpaired) electrons. The minimum absolute atomic E-state index is 0.131. The van der Waals surface area contributed by atoms with Crippen molar-refractivity contribution in [3.8, 4) is 0 Å². The lowest BCUT2D eigenvalue weighted by Gasteiger charge is -2.08. The summed E-state index contributed by atoms with van der Waals surface area (Å²) in [6, 6.07) is 16.0. The molecule has 0 atom stereocenters. The molecule has 1 aromatic carbocycles. The molecular weight excluding hydrogens is 360 g/mol. The molecule has 4 aromatic rings. The maximum absolute atomic E-state index is 13.1. The number of aryl methyl sites for hydroxylation is 2. The third kappa shape index (κ3) is 4.04. The van der Waals surface area contributed by atoms with Crippen LogP contribution < -0.4 is 5.32 Å². The maximum Gasteiger partial charge on any atom is 0.274 e. The number of pyridine rings is 2. The van der Waals surface area contributed by atoms with Gasteiger partial charge in [-0.2, -0.15) is 0 Å². The van der Waals surface area contributed by atoms with Gasteiger partial charge in [-0.25, -0.2) is 4.98 Å². The first kappa shape index (κ1) is 18.9. The van der Waals surface area contributed by atoms with Gasteiger partial charge >= 0.3 is 0 Å². The molecule has 0 aliphatic carbocycles. The summed E-state index contributed by atoms with van der Waals surface area (Å²) in [5.74, 6) is -0.131. The Bertz CT molecular complexity index is 1130. The quantitative estimate of drug-likeness (QED) is 0.518. The zero-order valence-electron chi connectivity index (χ0n) is 16.7. The van der Waals surface area contributed by atoms with Crippen LogP contribution in [0.1, 0.15) is 46.2 Å². The average molecular weight is 384 g/mol. The number of hydrogen-bond acceptors (Lipinski definition) is 3. The highest BCUT2D eigenvalue weighted by Crippen LogP contribution is 2.20. The fourth-order valence-electron chi connectivity index (χ4n) is 3.53. The minimum Gasteiger partial charge on any atom is -0.321 e. The number of hydrogen-bond donors (Lipinski definition) is 1. The van der Waals surface area contributed by atoms with E-state index in [1.807, 2.05) is 66.1 Å². The van der Waals surface area contributed by atoms with Gasteiger partial charge in [-0.1, -0.05) is 31.5 Å². The summed E-state index contributed by atoms with van der Waals surface area (Å²) in [4.78, 5) is 21.9. The number of rotatable bonds is 6. The molecule has 0 spiro atoms. The normalized spacial score (nSPS) is 11.0. The molecule has 3 aromatic heterocycles. The lowest BCUT2D eigenvalue weighted by molar-refractivity contribution is 0.102. The van der Waals surface area contributed by atoms with Crippen LogP contribution in [0, 0.1) is 6.92 Å². The van der Waals surface area contributed by atoms with Crippen molar-refractivity contribution < 1.29 is 4.79 Å². The van der Waals surface area contributed by atoms with Crippen molar-refractivity contribution in [1.82, 2.24) is 14.4 Å². The Kier molecular flexibility index (Phi) is 5.38. The average Bonchev–Trinajstić information content (AvgIpc) is 3.10. The molecule has 4 rings (SSSR count). The number of benzene rings is 1. The first-order valence-electron chi connectivity index (χ1n) is 9.91. The Balaban J connectivity index is 1.56. The summed E-state index contributed by atoms with van der Waals surface area (Å²) in [6.45, 7) is 4.11. The molecular formula is C24H24N4O. The zero-order valence-corrected chi connectivity index (χ0v) is 16.7. The molecule has 1 amide bonds. The van der Waals surface area contributed by atoms with Crippen molar-refractivity contribution in [2.75, 3.05) is 5.32 Å². The first-order valence-corrected chi connectivity index (χ1v) is 9.91. The van der Waals surface area contributed by atoms with Crippen LogP contribution in [0.4, 0.5) is 5.69 Å². The Hall–Kier alpha value is -3.47. The van der Waals surface area contributed by atoms with Gasteiger partial charge in [0.2, 0.25) is 0 Å². The second-order valence-corrected chi connectivity index (χ2v) is 7.23. The van der Waals surface area contributed by atoms with E-state index in [0.717, 1.165) is 41.9 Å². The van der Waals surface area contributed by atoms with Crippen LogP contribution in [0.3, 0.4) is 0 Å². The zero-order chi connectivity index (χ0) is 20.2. The van der Waals surface area contributed by atoms with E-state index < -0.39 is 0 Å². The van der Waals surface area contributed by atoms with E-state index >= 15 is 0 Å². The van der Waals surface area contributed by atoms with E-state index in [1.54, 1.807) is 12.4 Å². The number of imidazole rings is 1. The van der Waals surface area contributed by atoms with Crippen molar-refractivity contribution in [3.63, 3.8) is 0 Å². The lowest BCUT2D eigenvalue weighted by atomic mass is 10.1. The van der Waals surface area contributed by atoms with Gasteiger partial charge in [0, 0.05) is 24.3 Å². The standard InChI is InChI=1S/C24H24N4O/c1-3-5-21-22(28-15-4-6-17(2)23(28)27-21)24(29)26-20-9-7-18(8-10-20)16-19-11-13-25-14-12-19/h4,6-15H,3,5,16H2,1-2H3,(H,26,29). The Morgan fingerprint density at radius 1 is 1.03 bits per heavy atom.